The van der Waals surface area contributed by atoms with Gasteiger partial charge in [-0.05, 0) is 107 Å². The molecule has 0 atom stereocenters. The van der Waals surface area contributed by atoms with E-state index in [4.69, 9.17) is 4.74 Å². The molecule has 0 aliphatic heterocycles. The van der Waals surface area contributed by atoms with Crippen molar-refractivity contribution in [1.29, 1.82) is 0 Å². The smallest absolute Gasteiger partial charge is 0.410 e. The summed E-state index contributed by atoms with van der Waals surface area (Å²) in [5, 5.41) is 8.81. The molecule has 2 N–H and O–H groups in total. The summed E-state index contributed by atoms with van der Waals surface area (Å²) < 4.78 is 7.22. The summed E-state index contributed by atoms with van der Waals surface area (Å²) in [5.74, 6) is 0.630. The molecule has 1 aliphatic carbocycles. The fourth-order valence-electron chi connectivity index (χ4n) is 6.21. The minimum atomic E-state index is -0.592. The molecule has 42 heavy (non-hydrogen) atoms. The zero-order valence-corrected chi connectivity index (χ0v) is 26.2. The van der Waals surface area contributed by atoms with Crippen molar-refractivity contribution in [2.24, 2.45) is 0 Å². The number of likely N-dealkylation sites (N-methyl/N-ethyl adjacent to an activating group) is 1. The lowest BCUT2D eigenvalue weighted by Crippen LogP contribution is -2.45. The van der Waals surface area contributed by atoms with E-state index in [2.05, 4.69) is 72.5 Å². The molecule has 1 aliphatic rings. The number of fused-ring (bicyclic) bond motifs is 2. The lowest BCUT2D eigenvalue weighted by atomic mass is 9.81. The number of hydrogen-bond acceptors (Lipinski definition) is 5. The molecule has 0 saturated heterocycles. The molecule has 1 aromatic carbocycles. The van der Waals surface area contributed by atoms with E-state index in [9.17, 15) is 9.59 Å². The highest BCUT2D eigenvalue weighted by molar-refractivity contribution is 5.92. The molecule has 1 fully saturated rings. The second-order valence-electron chi connectivity index (χ2n) is 13.1. The van der Waals surface area contributed by atoms with Crippen molar-refractivity contribution in [3.05, 3.63) is 53.0 Å². The molecule has 3 heterocycles. The summed E-state index contributed by atoms with van der Waals surface area (Å²) in [6.45, 7) is 14.2. The molecule has 0 unspecified atom stereocenters. The van der Waals surface area contributed by atoms with Crippen molar-refractivity contribution in [2.75, 3.05) is 13.6 Å². The predicted molar refractivity (Wildman–Crippen MR) is 166 cm³/mol. The number of aromatic amines is 1. The fourth-order valence-corrected chi connectivity index (χ4v) is 6.21. The first-order valence-electron chi connectivity index (χ1n) is 15.0. The van der Waals surface area contributed by atoms with Crippen LogP contribution in [0, 0.1) is 13.8 Å². The van der Waals surface area contributed by atoms with Gasteiger partial charge in [-0.3, -0.25) is 4.79 Å². The number of amides is 2. The average Bonchev–Trinajstić information content (AvgIpc) is 3.54. The number of hydrogen-bond donors (Lipinski definition) is 2. The van der Waals surface area contributed by atoms with Crippen LogP contribution in [0.4, 0.5) is 4.79 Å². The lowest BCUT2D eigenvalue weighted by molar-refractivity contribution is -0.122. The van der Waals surface area contributed by atoms with E-state index in [0.29, 0.717) is 11.8 Å². The first kappa shape index (κ1) is 29.6. The Kier molecular flexibility index (Phi) is 8.05. The van der Waals surface area contributed by atoms with Gasteiger partial charge in [0.05, 0.1) is 5.69 Å². The van der Waals surface area contributed by atoms with Gasteiger partial charge in [-0.15, -0.1) is 0 Å². The van der Waals surface area contributed by atoms with Crippen LogP contribution in [0.1, 0.15) is 94.4 Å². The van der Waals surface area contributed by atoms with E-state index in [-0.39, 0.29) is 18.5 Å². The Morgan fingerprint density at radius 3 is 2.52 bits per heavy atom. The summed E-state index contributed by atoms with van der Waals surface area (Å²) in [4.78, 5) is 34.3. The van der Waals surface area contributed by atoms with Crippen LogP contribution in [-0.2, 0) is 9.53 Å². The minimum Gasteiger partial charge on any atom is -0.444 e. The standard InChI is InChI=1S/C33H44N6O3/c1-19(2)29-25-15-23(11-14-27(25)37-30(29)26-16-39-31(34-18-35-39)21(4)20(26)3)22-9-12-24(13-10-22)36-28(40)17-38(8)32(41)42-33(5,6)7/h11,14-16,18-19,22,24,37H,9-10,12-13,17H2,1-8H3,(H,36,40). The van der Waals surface area contributed by atoms with Crippen LogP contribution in [0.25, 0.3) is 27.8 Å². The summed E-state index contributed by atoms with van der Waals surface area (Å²) in [5.41, 5.74) is 8.77. The van der Waals surface area contributed by atoms with Crippen molar-refractivity contribution in [3.8, 4) is 11.3 Å². The number of H-pyrrole nitrogens is 1. The van der Waals surface area contributed by atoms with Crippen molar-refractivity contribution < 1.29 is 14.3 Å². The molecule has 4 aromatic rings. The van der Waals surface area contributed by atoms with Gasteiger partial charge in [0.15, 0.2) is 5.65 Å². The van der Waals surface area contributed by atoms with E-state index in [1.807, 2.05) is 25.3 Å². The first-order chi connectivity index (χ1) is 19.8. The molecule has 0 bridgehead atoms. The number of ether oxygens (including phenoxy) is 1. The molecule has 5 rings (SSSR count). The third kappa shape index (κ3) is 6.01. The Morgan fingerprint density at radius 2 is 1.86 bits per heavy atom. The number of nitrogens with zero attached hydrogens (tertiary/aromatic N) is 4. The number of carbonyl (C=O) groups excluding carboxylic acids is 2. The van der Waals surface area contributed by atoms with E-state index < -0.39 is 11.7 Å². The zero-order chi connectivity index (χ0) is 30.3. The number of carbonyl (C=O) groups is 2. The van der Waals surface area contributed by atoms with Gasteiger partial charge in [-0.25, -0.2) is 14.3 Å². The van der Waals surface area contributed by atoms with E-state index in [1.165, 1.54) is 27.0 Å². The van der Waals surface area contributed by atoms with Gasteiger partial charge in [0.2, 0.25) is 5.91 Å². The van der Waals surface area contributed by atoms with Crippen LogP contribution in [0.15, 0.2) is 30.7 Å². The molecule has 9 heteroatoms. The van der Waals surface area contributed by atoms with Gasteiger partial charge < -0.3 is 19.9 Å². The highest BCUT2D eigenvalue weighted by Gasteiger charge is 2.27. The maximum Gasteiger partial charge on any atom is 0.410 e. The molecular weight excluding hydrogens is 528 g/mol. The average molecular weight is 573 g/mol. The summed E-state index contributed by atoms with van der Waals surface area (Å²) >= 11 is 0. The number of nitrogens with one attached hydrogen (secondary N) is 2. The molecule has 0 spiro atoms. The third-order valence-electron chi connectivity index (χ3n) is 8.49. The Bertz CT molecular complexity index is 1620. The number of aryl methyl sites for hydroxylation is 1. The molecule has 224 valence electrons. The maximum absolute atomic E-state index is 12.6. The minimum absolute atomic E-state index is 0.0118. The highest BCUT2D eigenvalue weighted by atomic mass is 16.6. The van der Waals surface area contributed by atoms with Crippen LogP contribution in [0.3, 0.4) is 0 Å². The van der Waals surface area contributed by atoms with Crippen LogP contribution in [0.2, 0.25) is 0 Å². The van der Waals surface area contributed by atoms with Gasteiger partial charge in [-0.2, -0.15) is 5.10 Å². The Hall–Kier alpha value is -3.88. The predicted octanol–water partition coefficient (Wildman–Crippen LogP) is 6.63. The Balaban J connectivity index is 1.30. The van der Waals surface area contributed by atoms with Crippen molar-refractivity contribution in [2.45, 2.75) is 97.6 Å². The second kappa shape index (κ2) is 11.4. The summed E-state index contributed by atoms with van der Waals surface area (Å²) in [6.07, 6.45) is 7.04. The normalized spacial score (nSPS) is 17.6. The van der Waals surface area contributed by atoms with Crippen LogP contribution < -0.4 is 5.32 Å². The Morgan fingerprint density at radius 1 is 1.14 bits per heavy atom. The zero-order valence-electron chi connectivity index (χ0n) is 26.2. The molecule has 3 aromatic heterocycles. The fraction of sp³-hybridized carbons (Fsp3) is 0.515. The maximum atomic E-state index is 12.6. The van der Waals surface area contributed by atoms with Crippen LogP contribution in [-0.4, -0.2) is 61.7 Å². The van der Waals surface area contributed by atoms with Gasteiger partial charge >= 0.3 is 6.09 Å². The van der Waals surface area contributed by atoms with E-state index >= 15 is 0 Å². The van der Waals surface area contributed by atoms with Crippen molar-refractivity contribution >= 4 is 28.6 Å². The molecule has 9 nitrogen and oxygen atoms in total. The molecular formula is C33H44N6O3. The summed E-state index contributed by atoms with van der Waals surface area (Å²) in [7, 11) is 1.59. The summed E-state index contributed by atoms with van der Waals surface area (Å²) in [6, 6.07) is 6.97. The van der Waals surface area contributed by atoms with Crippen molar-refractivity contribution in [3.63, 3.8) is 0 Å². The van der Waals surface area contributed by atoms with Gasteiger partial charge in [0, 0.05) is 35.8 Å². The topological polar surface area (TPSA) is 105 Å². The van der Waals surface area contributed by atoms with Gasteiger partial charge in [0.25, 0.3) is 0 Å². The number of pyridine rings is 1. The van der Waals surface area contributed by atoms with Crippen LogP contribution >= 0.6 is 0 Å². The number of rotatable bonds is 6. The molecule has 1 saturated carbocycles. The second-order valence-corrected chi connectivity index (χ2v) is 13.1. The van der Waals surface area contributed by atoms with Gasteiger partial charge in [-0.1, -0.05) is 19.9 Å². The van der Waals surface area contributed by atoms with Crippen LogP contribution in [0.5, 0.6) is 0 Å². The monoisotopic (exact) mass is 572 g/mol. The van der Waals surface area contributed by atoms with Crippen molar-refractivity contribution in [1.82, 2.24) is 29.8 Å². The number of aromatic nitrogens is 4. The Labute approximate surface area is 248 Å². The molecule has 0 radical (unpaired) electrons. The number of benzene rings is 1. The largest absolute Gasteiger partial charge is 0.444 e. The van der Waals surface area contributed by atoms with Gasteiger partial charge in [0.1, 0.15) is 18.5 Å². The lowest BCUT2D eigenvalue weighted by Gasteiger charge is -2.30. The molecule has 2 amide bonds. The highest BCUT2D eigenvalue weighted by Crippen LogP contribution is 2.40. The van der Waals surface area contributed by atoms with E-state index in [0.717, 1.165) is 53.7 Å². The quantitative estimate of drug-likeness (QED) is 0.270. The third-order valence-corrected chi connectivity index (χ3v) is 8.49. The SMILES string of the molecule is Cc1c(-c2[nH]c3ccc(C4CCC(NC(=O)CN(C)C(=O)OC(C)(C)C)CC4)cc3c2C(C)C)cn2ncnc2c1C. The van der Waals surface area contributed by atoms with E-state index in [1.54, 1.807) is 13.4 Å². The first-order valence-corrected chi connectivity index (χ1v) is 15.0.